The highest BCUT2D eigenvalue weighted by Gasteiger charge is 2.24. The Balaban J connectivity index is 2.16. The van der Waals surface area contributed by atoms with Crippen LogP contribution in [0.25, 0.3) is 0 Å². The molecule has 3 heteroatoms. The summed E-state index contributed by atoms with van der Waals surface area (Å²) in [6.45, 7) is 13.2. The molecule has 1 heterocycles. The molecular weight excluding hydrogens is 342 g/mol. The van der Waals surface area contributed by atoms with Crippen molar-refractivity contribution in [2.75, 3.05) is 13.1 Å². The van der Waals surface area contributed by atoms with Crippen molar-refractivity contribution >= 4 is 12.2 Å². The van der Waals surface area contributed by atoms with Gasteiger partial charge in [0.1, 0.15) is 5.70 Å². The van der Waals surface area contributed by atoms with Crippen molar-refractivity contribution in [1.29, 1.82) is 0 Å². The molecule has 0 fully saturated rings. The molecule has 1 aromatic carbocycles. The van der Waals surface area contributed by atoms with Crippen LogP contribution >= 0.6 is 0 Å². The minimum atomic E-state index is 0.550. The Bertz CT molecular complexity index is 670. The fourth-order valence-corrected chi connectivity index (χ4v) is 3.63. The minimum Gasteiger partial charge on any atom is -0.316 e. The van der Waals surface area contributed by atoms with Gasteiger partial charge in [-0.1, -0.05) is 64.4 Å². The number of unbranched alkanes of at least 4 members (excludes halogenated alkanes) is 1. The molecule has 3 nitrogen and oxygen atoms in total. The first-order valence-corrected chi connectivity index (χ1v) is 11.2. The van der Waals surface area contributed by atoms with E-state index in [2.05, 4.69) is 69.9 Å². The Kier molecular flexibility index (Phi) is 9.46. The molecule has 0 aromatic heterocycles. The summed E-state index contributed by atoms with van der Waals surface area (Å²) < 4.78 is 0. The number of nitrogens with zero attached hydrogens (tertiary/aromatic N) is 3. The third kappa shape index (κ3) is 6.61. The van der Waals surface area contributed by atoms with E-state index in [0.29, 0.717) is 11.8 Å². The van der Waals surface area contributed by atoms with Gasteiger partial charge in [0.2, 0.25) is 0 Å². The summed E-state index contributed by atoms with van der Waals surface area (Å²) >= 11 is 0. The Hall–Kier alpha value is -1.90. The first-order chi connectivity index (χ1) is 13.6. The van der Waals surface area contributed by atoms with E-state index in [1.807, 2.05) is 6.34 Å². The summed E-state index contributed by atoms with van der Waals surface area (Å²) in [7, 11) is 0. The fraction of sp³-hybridized carbons (Fsp3) is 0.600. The normalized spacial score (nSPS) is 18.4. The molecule has 0 saturated carbocycles. The van der Waals surface area contributed by atoms with Crippen LogP contribution in [0.3, 0.4) is 0 Å². The van der Waals surface area contributed by atoms with E-state index in [1.165, 1.54) is 24.0 Å². The van der Waals surface area contributed by atoms with Crippen LogP contribution in [-0.2, 0) is 6.42 Å². The maximum Gasteiger partial charge on any atom is 0.155 e. The quantitative estimate of drug-likeness (QED) is 0.402. The van der Waals surface area contributed by atoms with Gasteiger partial charge in [-0.25, -0.2) is 4.99 Å². The zero-order valence-corrected chi connectivity index (χ0v) is 18.6. The van der Waals surface area contributed by atoms with Gasteiger partial charge >= 0.3 is 0 Å². The minimum absolute atomic E-state index is 0.550. The van der Waals surface area contributed by atoms with Gasteiger partial charge in [-0.3, -0.25) is 4.99 Å². The van der Waals surface area contributed by atoms with Gasteiger partial charge in [-0.05, 0) is 62.0 Å². The summed E-state index contributed by atoms with van der Waals surface area (Å²) in [6.07, 6.45) is 8.92. The van der Waals surface area contributed by atoms with Gasteiger partial charge < -0.3 is 4.90 Å². The van der Waals surface area contributed by atoms with Gasteiger partial charge in [-0.15, -0.1) is 0 Å². The highest BCUT2D eigenvalue weighted by molar-refractivity contribution is 6.09. The largest absolute Gasteiger partial charge is 0.316 e. The second-order valence-electron chi connectivity index (χ2n) is 8.34. The topological polar surface area (TPSA) is 28.0 Å². The number of allylic oxidation sites excluding steroid dienone is 1. The molecule has 0 saturated heterocycles. The van der Waals surface area contributed by atoms with Crippen molar-refractivity contribution in [3.63, 3.8) is 0 Å². The molecule has 154 valence electrons. The van der Waals surface area contributed by atoms with Crippen LogP contribution in [0.15, 0.2) is 51.6 Å². The van der Waals surface area contributed by atoms with Crippen LogP contribution < -0.4 is 0 Å². The molecule has 0 bridgehead atoms. The molecule has 0 N–H and O–H groups in total. The average molecular weight is 382 g/mol. The van der Waals surface area contributed by atoms with Gasteiger partial charge in [0.25, 0.3) is 0 Å². The molecule has 1 unspecified atom stereocenters. The van der Waals surface area contributed by atoms with Crippen molar-refractivity contribution < 1.29 is 0 Å². The van der Waals surface area contributed by atoms with E-state index >= 15 is 0 Å². The lowest BCUT2D eigenvalue weighted by atomic mass is 9.89. The van der Waals surface area contributed by atoms with Crippen LogP contribution in [0, 0.1) is 11.8 Å². The Morgan fingerprint density at radius 3 is 2.50 bits per heavy atom. The molecule has 1 aliphatic heterocycles. The zero-order valence-electron chi connectivity index (χ0n) is 18.6. The molecule has 1 aliphatic rings. The van der Waals surface area contributed by atoms with E-state index in [-0.39, 0.29) is 0 Å². The summed E-state index contributed by atoms with van der Waals surface area (Å²) in [5.41, 5.74) is 3.95. The molecule has 0 radical (unpaired) electrons. The van der Waals surface area contributed by atoms with Gasteiger partial charge in [-0.2, -0.15) is 0 Å². The SMILES string of the molecule is CCCC/N=C1\C(=C(/C)C(CC)CCc2ccccc2)N=CN1CCC(C)C. The maximum absolute atomic E-state index is 4.97. The third-order valence-electron chi connectivity index (χ3n) is 5.63. The molecule has 2 rings (SSSR count). The third-order valence-corrected chi connectivity index (χ3v) is 5.63. The average Bonchev–Trinajstić information content (AvgIpc) is 3.10. The summed E-state index contributed by atoms with van der Waals surface area (Å²) in [5, 5.41) is 0. The van der Waals surface area contributed by atoms with Crippen LogP contribution in [0.4, 0.5) is 0 Å². The van der Waals surface area contributed by atoms with Crippen LogP contribution in [0.5, 0.6) is 0 Å². The first kappa shape index (κ1) is 22.4. The second kappa shape index (κ2) is 11.8. The number of benzene rings is 1. The number of aliphatic imine (C=N–C) groups is 2. The van der Waals surface area contributed by atoms with E-state index in [0.717, 1.165) is 50.3 Å². The zero-order chi connectivity index (χ0) is 20.4. The van der Waals surface area contributed by atoms with Crippen molar-refractivity contribution in [2.45, 2.75) is 73.1 Å². The molecule has 0 amide bonds. The predicted octanol–water partition coefficient (Wildman–Crippen LogP) is 6.51. The number of rotatable bonds is 11. The van der Waals surface area contributed by atoms with E-state index in [1.54, 1.807) is 0 Å². The molecule has 0 spiro atoms. The summed E-state index contributed by atoms with van der Waals surface area (Å²) in [6, 6.07) is 10.8. The predicted molar refractivity (Wildman–Crippen MR) is 123 cm³/mol. The van der Waals surface area contributed by atoms with Gasteiger partial charge in [0.05, 0.1) is 6.34 Å². The highest BCUT2D eigenvalue weighted by atomic mass is 15.3. The molecule has 1 atom stereocenters. The number of hydrogen-bond acceptors (Lipinski definition) is 2. The smallest absolute Gasteiger partial charge is 0.155 e. The van der Waals surface area contributed by atoms with E-state index in [4.69, 9.17) is 9.98 Å². The maximum atomic E-state index is 4.97. The lowest BCUT2D eigenvalue weighted by Gasteiger charge is -2.21. The number of hydrogen-bond donors (Lipinski definition) is 0. The second-order valence-corrected chi connectivity index (χ2v) is 8.34. The van der Waals surface area contributed by atoms with Crippen LogP contribution in [0.1, 0.15) is 72.3 Å². The fourth-order valence-electron chi connectivity index (χ4n) is 3.63. The lowest BCUT2D eigenvalue weighted by Crippen LogP contribution is -2.28. The first-order valence-electron chi connectivity index (χ1n) is 11.2. The Morgan fingerprint density at radius 1 is 1.11 bits per heavy atom. The van der Waals surface area contributed by atoms with Crippen molar-refractivity contribution in [3.8, 4) is 0 Å². The standard InChI is InChI=1S/C25H39N3/c1-6-8-17-26-25-24(27-19-28(25)18-16-20(3)4)21(5)23(7-2)15-14-22-12-10-9-11-13-22/h9-13,19-20,23H,6-8,14-18H2,1-5H3/b24-21-,26-25+. The van der Waals surface area contributed by atoms with Crippen molar-refractivity contribution in [1.82, 2.24) is 4.90 Å². The van der Waals surface area contributed by atoms with Gasteiger partial charge in [0.15, 0.2) is 5.84 Å². The molecule has 1 aromatic rings. The lowest BCUT2D eigenvalue weighted by molar-refractivity contribution is 0.500. The molecular formula is C25H39N3. The summed E-state index contributed by atoms with van der Waals surface area (Å²) in [4.78, 5) is 12.1. The Labute approximate surface area is 172 Å². The van der Waals surface area contributed by atoms with Crippen LogP contribution in [-0.4, -0.2) is 30.2 Å². The monoisotopic (exact) mass is 381 g/mol. The number of amidine groups is 1. The summed E-state index contributed by atoms with van der Waals surface area (Å²) in [5.74, 6) is 2.34. The molecule has 0 aliphatic carbocycles. The molecule has 28 heavy (non-hydrogen) atoms. The van der Waals surface area contributed by atoms with Gasteiger partial charge in [0, 0.05) is 13.1 Å². The number of aryl methyl sites for hydroxylation is 1. The van der Waals surface area contributed by atoms with E-state index < -0.39 is 0 Å². The highest BCUT2D eigenvalue weighted by Crippen LogP contribution is 2.28. The van der Waals surface area contributed by atoms with Crippen LogP contribution in [0.2, 0.25) is 0 Å². The van der Waals surface area contributed by atoms with Crippen molar-refractivity contribution in [3.05, 3.63) is 47.2 Å². The van der Waals surface area contributed by atoms with Crippen molar-refractivity contribution in [2.24, 2.45) is 21.8 Å². The van der Waals surface area contributed by atoms with E-state index in [9.17, 15) is 0 Å². The Morgan fingerprint density at radius 2 is 1.86 bits per heavy atom.